The van der Waals surface area contributed by atoms with Crippen LogP contribution in [0.4, 0.5) is 0 Å². The van der Waals surface area contributed by atoms with Gasteiger partial charge in [0.15, 0.2) is 0 Å². The Morgan fingerprint density at radius 1 is 1.39 bits per heavy atom. The molecule has 6 nitrogen and oxygen atoms in total. The number of aliphatic hydroxyl groups excluding tert-OH is 1. The monoisotopic (exact) mass is 262 g/mol. The minimum Gasteiger partial charge on any atom is -0.463 e. The van der Waals surface area contributed by atoms with Crippen molar-refractivity contribution in [2.24, 2.45) is 0 Å². The molecule has 106 valence electrons. The third-order valence-electron chi connectivity index (χ3n) is 1.96. The zero-order valence-corrected chi connectivity index (χ0v) is 11.0. The van der Waals surface area contributed by atoms with E-state index in [-0.39, 0.29) is 13.4 Å². The van der Waals surface area contributed by atoms with Crippen LogP contribution in [0.25, 0.3) is 0 Å². The van der Waals surface area contributed by atoms with Crippen molar-refractivity contribution in [3.8, 4) is 0 Å². The van der Waals surface area contributed by atoms with Crippen LogP contribution >= 0.6 is 0 Å². The lowest BCUT2D eigenvalue weighted by atomic mass is 10.2. The van der Waals surface area contributed by atoms with E-state index in [1.807, 2.05) is 0 Å². The van der Waals surface area contributed by atoms with E-state index in [0.29, 0.717) is 26.2 Å². The first kappa shape index (κ1) is 17.1. The Labute approximate surface area is 107 Å². The number of rotatable bonds is 11. The van der Waals surface area contributed by atoms with Crippen molar-refractivity contribution < 1.29 is 28.8 Å². The number of hydrogen-bond donors (Lipinski definition) is 1. The first-order chi connectivity index (χ1) is 8.74. The largest absolute Gasteiger partial charge is 0.463 e. The summed E-state index contributed by atoms with van der Waals surface area (Å²) < 4.78 is 19.9. The van der Waals surface area contributed by atoms with Crippen molar-refractivity contribution in [2.45, 2.75) is 19.4 Å². The Kier molecular flexibility index (Phi) is 11.8. The molecule has 0 rings (SSSR count). The van der Waals surface area contributed by atoms with Crippen LogP contribution in [-0.2, 0) is 23.7 Å². The van der Waals surface area contributed by atoms with Gasteiger partial charge >= 0.3 is 5.97 Å². The van der Waals surface area contributed by atoms with E-state index in [9.17, 15) is 4.79 Å². The average molecular weight is 262 g/mol. The molecule has 0 heterocycles. The van der Waals surface area contributed by atoms with E-state index in [1.54, 1.807) is 20.1 Å². The van der Waals surface area contributed by atoms with Gasteiger partial charge in [-0.15, -0.1) is 0 Å². The summed E-state index contributed by atoms with van der Waals surface area (Å²) in [5.74, 6) is -0.398. The number of hydrogen-bond acceptors (Lipinski definition) is 6. The number of carbonyl (C=O) groups excluding carboxylic acids is 1. The van der Waals surface area contributed by atoms with Crippen LogP contribution in [0, 0.1) is 0 Å². The zero-order valence-electron chi connectivity index (χ0n) is 11.0. The molecule has 6 heteroatoms. The van der Waals surface area contributed by atoms with Gasteiger partial charge in [-0.25, -0.2) is 4.79 Å². The summed E-state index contributed by atoms with van der Waals surface area (Å²) >= 11 is 0. The van der Waals surface area contributed by atoms with Gasteiger partial charge in [0, 0.05) is 13.2 Å². The van der Waals surface area contributed by atoms with Gasteiger partial charge in [-0.1, -0.05) is 6.08 Å². The summed E-state index contributed by atoms with van der Waals surface area (Å²) in [5.41, 5.74) is 0. The molecule has 0 amide bonds. The number of esters is 1. The number of methoxy groups -OCH3 is 1. The molecule has 18 heavy (non-hydrogen) atoms. The van der Waals surface area contributed by atoms with Crippen LogP contribution in [0.3, 0.4) is 0 Å². The first-order valence-corrected chi connectivity index (χ1v) is 5.87. The first-order valence-electron chi connectivity index (χ1n) is 5.87. The maximum Gasteiger partial charge on any atom is 0.330 e. The van der Waals surface area contributed by atoms with Crippen LogP contribution in [0.1, 0.15) is 13.3 Å². The highest BCUT2D eigenvalue weighted by Gasteiger charge is 2.05. The van der Waals surface area contributed by atoms with Gasteiger partial charge in [0.05, 0.1) is 32.5 Å². The molecule has 0 unspecified atom stereocenters. The minimum atomic E-state index is -0.398. The van der Waals surface area contributed by atoms with Gasteiger partial charge in [0.2, 0.25) is 0 Å². The van der Waals surface area contributed by atoms with Gasteiger partial charge < -0.3 is 24.1 Å². The fourth-order valence-electron chi connectivity index (χ4n) is 1.05. The summed E-state index contributed by atoms with van der Waals surface area (Å²) in [7, 11) is 1.58. The molecule has 0 fully saturated rings. The highest BCUT2D eigenvalue weighted by Crippen LogP contribution is 2.00. The van der Waals surface area contributed by atoms with Crippen molar-refractivity contribution in [1.82, 2.24) is 0 Å². The van der Waals surface area contributed by atoms with Crippen LogP contribution in [0.15, 0.2) is 12.2 Å². The molecule has 0 aromatic heterocycles. The average Bonchev–Trinajstić information content (AvgIpc) is 2.36. The Balaban J connectivity index is 3.66. The maximum atomic E-state index is 11.0. The van der Waals surface area contributed by atoms with E-state index in [1.165, 1.54) is 6.08 Å². The minimum absolute atomic E-state index is 0.0852. The molecule has 0 aliphatic rings. The van der Waals surface area contributed by atoms with Crippen molar-refractivity contribution in [1.29, 1.82) is 0 Å². The van der Waals surface area contributed by atoms with Gasteiger partial charge in [-0.2, -0.15) is 0 Å². The molecule has 0 aromatic carbocycles. The third-order valence-corrected chi connectivity index (χ3v) is 1.96. The highest BCUT2D eigenvalue weighted by atomic mass is 16.7. The lowest BCUT2D eigenvalue weighted by Crippen LogP contribution is -2.19. The Morgan fingerprint density at radius 3 is 2.78 bits per heavy atom. The topological polar surface area (TPSA) is 74.2 Å². The number of ether oxygens (including phenoxy) is 4. The number of aliphatic hydroxyl groups is 1. The van der Waals surface area contributed by atoms with Crippen LogP contribution in [0.5, 0.6) is 0 Å². The molecule has 1 N–H and O–H groups in total. The molecule has 0 saturated carbocycles. The van der Waals surface area contributed by atoms with E-state index >= 15 is 0 Å². The second-order valence-corrected chi connectivity index (χ2v) is 3.38. The van der Waals surface area contributed by atoms with Crippen LogP contribution in [-0.4, -0.2) is 57.5 Å². The molecule has 0 spiro atoms. The fraction of sp³-hybridized carbons (Fsp3) is 0.750. The van der Waals surface area contributed by atoms with Crippen LogP contribution in [0.2, 0.25) is 0 Å². The second kappa shape index (κ2) is 12.5. The van der Waals surface area contributed by atoms with Gasteiger partial charge in [-0.05, 0) is 13.3 Å². The molecule has 0 aliphatic carbocycles. The maximum absolute atomic E-state index is 11.0. The van der Waals surface area contributed by atoms with Gasteiger partial charge in [0.25, 0.3) is 0 Å². The predicted octanol–water partition coefficient (Wildman–Crippen LogP) is 0.494. The summed E-state index contributed by atoms with van der Waals surface area (Å²) in [5, 5.41) is 9.04. The standard InChI is InChI=1S/C12H22O6/c1-3-17-12(14)6-4-5-11(9-13)18-10-16-8-7-15-2/h4,6,11,13H,3,5,7-10H2,1-2H3/b6-4+/t11-/m0/s1. The molecule has 0 saturated heterocycles. The van der Waals surface area contributed by atoms with Crippen LogP contribution < -0.4 is 0 Å². The molecule has 0 aromatic rings. The van der Waals surface area contributed by atoms with E-state index in [2.05, 4.69) is 0 Å². The van der Waals surface area contributed by atoms with E-state index in [4.69, 9.17) is 24.1 Å². The molecule has 0 radical (unpaired) electrons. The summed E-state index contributed by atoms with van der Waals surface area (Å²) in [4.78, 5) is 11.0. The van der Waals surface area contributed by atoms with Crippen molar-refractivity contribution in [2.75, 3.05) is 40.3 Å². The Morgan fingerprint density at radius 2 is 2.17 bits per heavy atom. The highest BCUT2D eigenvalue weighted by molar-refractivity contribution is 5.81. The number of carbonyl (C=O) groups is 1. The summed E-state index contributed by atoms with van der Waals surface area (Å²) in [6.45, 7) is 2.96. The van der Waals surface area contributed by atoms with Crippen molar-refractivity contribution in [3.05, 3.63) is 12.2 Å². The quantitative estimate of drug-likeness (QED) is 0.253. The van der Waals surface area contributed by atoms with Crippen molar-refractivity contribution in [3.63, 3.8) is 0 Å². The zero-order chi connectivity index (χ0) is 13.6. The summed E-state index contributed by atoms with van der Waals surface area (Å²) in [6.07, 6.45) is 2.95. The Hall–Kier alpha value is -0.950. The third kappa shape index (κ3) is 10.2. The Bertz CT molecular complexity index is 229. The lowest BCUT2D eigenvalue weighted by molar-refractivity contribution is -0.137. The van der Waals surface area contributed by atoms with E-state index in [0.717, 1.165) is 0 Å². The smallest absolute Gasteiger partial charge is 0.330 e. The molecule has 0 aliphatic heterocycles. The second-order valence-electron chi connectivity index (χ2n) is 3.38. The fourth-order valence-corrected chi connectivity index (χ4v) is 1.05. The lowest BCUT2D eigenvalue weighted by Gasteiger charge is -2.13. The normalized spacial score (nSPS) is 12.8. The van der Waals surface area contributed by atoms with Gasteiger partial charge in [-0.3, -0.25) is 0 Å². The van der Waals surface area contributed by atoms with E-state index < -0.39 is 12.1 Å². The molecule has 0 bridgehead atoms. The van der Waals surface area contributed by atoms with Gasteiger partial charge in [0.1, 0.15) is 6.79 Å². The molecule has 1 atom stereocenters. The molecular formula is C12H22O6. The van der Waals surface area contributed by atoms with Crippen molar-refractivity contribution >= 4 is 5.97 Å². The predicted molar refractivity (Wildman–Crippen MR) is 65.0 cm³/mol. The summed E-state index contributed by atoms with van der Waals surface area (Å²) in [6, 6.07) is 0. The SMILES string of the molecule is CCOC(=O)/C=C/C[C@@H](CO)OCOCCOC. The molecular weight excluding hydrogens is 240 g/mol.